The first-order chi connectivity index (χ1) is 11.4. The summed E-state index contributed by atoms with van der Waals surface area (Å²) in [5.41, 5.74) is 0. The van der Waals surface area contributed by atoms with E-state index in [1.54, 1.807) is 6.92 Å². The minimum absolute atomic E-state index is 0.0972. The van der Waals surface area contributed by atoms with Crippen molar-refractivity contribution in [3.8, 4) is 0 Å². The molecular weight excluding hydrogens is 308 g/mol. The SMILES string of the molecule is CC1CCN(C(=O)C(C)NC(=O)CC2CCCCC2)C(C(=O)O)C1. The van der Waals surface area contributed by atoms with Gasteiger partial charge in [0, 0.05) is 13.0 Å². The van der Waals surface area contributed by atoms with Gasteiger partial charge in [-0.3, -0.25) is 9.59 Å². The van der Waals surface area contributed by atoms with Crippen LogP contribution in [-0.4, -0.2) is 46.4 Å². The number of aliphatic carboxylic acids is 1. The van der Waals surface area contributed by atoms with Crippen LogP contribution in [0.5, 0.6) is 0 Å². The Morgan fingerprint density at radius 2 is 1.83 bits per heavy atom. The zero-order chi connectivity index (χ0) is 17.7. The number of nitrogens with zero attached hydrogens (tertiary/aromatic N) is 1. The number of piperidine rings is 1. The molecule has 1 aliphatic heterocycles. The van der Waals surface area contributed by atoms with Crippen LogP contribution in [0, 0.1) is 11.8 Å². The largest absolute Gasteiger partial charge is 0.480 e. The highest BCUT2D eigenvalue weighted by molar-refractivity contribution is 5.90. The minimum atomic E-state index is -0.962. The smallest absolute Gasteiger partial charge is 0.326 e. The Labute approximate surface area is 144 Å². The minimum Gasteiger partial charge on any atom is -0.480 e. The molecule has 6 nitrogen and oxygen atoms in total. The first-order valence-corrected chi connectivity index (χ1v) is 9.21. The molecule has 2 rings (SSSR count). The van der Waals surface area contributed by atoms with E-state index in [1.165, 1.54) is 24.2 Å². The standard InChI is InChI=1S/C18H30N2O4/c1-12-8-9-20(15(10-12)18(23)24)17(22)13(2)19-16(21)11-14-6-4-3-5-7-14/h12-15H,3-11H2,1-2H3,(H,19,21)(H,23,24). The van der Waals surface area contributed by atoms with Crippen molar-refractivity contribution in [3.63, 3.8) is 0 Å². The highest BCUT2D eigenvalue weighted by Gasteiger charge is 2.36. The van der Waals surface area contributed by atoms with E-state index >= 15 is 0 Å². The summed E-state index contributed by atoms with van der Waals surface area (Å²) >= 11 is 0. The van der Waals surface area contributed by atoms with Gasteiger partial charge in [0.25, 0.3) is 0 Å². The quantitative estimate of drug-likeness (QED) is 0.804. The van der Waals surface area contributed by atoms with Crippen molar-refractivity contribution >= 4 is 17.8 Å². The molecule has 1 heterocycles. The molecule has 1 saturated carbocycles. The Morgan fingerprint density at radius 1 is 1.17 bits per heavy atom. The number of carbonyl (C=O) groups is 3. The summed E-state index contributed by atoms with van der Waals surface area (Å²) in [5, 5.41) is 12.1. The van der Waals surface area contributed by atoms with Crippen molar-refractivity contribution in [2.24, 2.45) is 11.8 Å². The third-order valence-corrected chi connectivity index (χ3v) is 5.38. The summed E-state index contributed by atoms with van der Waals surface area (Å²) < 4.78 is 0. The van der Waals surface area contributed by atoms with Crippen molar-refractivity contribution < 1.29 is 19.5 Å². The van der Waals surface area contributed by atoms with Crippen LogP contribution in [0.2, 0.25) is 0 Å². The van der Waals surface area contributed by atoms with Crippen LogP contribution in [0.3, 0.4) is 0 Å². The topological polar surface area (TPSA) is 86.7 Å². The molecule has 6 heteroatoms. The summed E-state index contributed by atoms with van der Waals surface area (Å²) in [6, 6.07) is -1.45. The lowest BCUT2D eigenvalue weighted by Crippen LogP contribution is -2.55. The number of carboxylic acids is 1. The summed E-state index contributed by atoms with van der Waals surface area (Å²) in [6.45, 7) is 4.10. The van der Waals surface area contributed by atoms with Gasteiger partial charge in [0.05, 0.1) is 0 Å². The fraction of sp³-hybridized carbons (Fsp3) is 0.833. The molecule has 2 amide bonds. The van der Waals surface area contributed by atoms with Gasteiger partial charge < -0.3 is 15.3 Å². The zero-order valence-corrected chi connectivity index (χ0v) is 14.8. The molecule has 3 atom stereocenters. The Kier molecular flexibility index (Phi) is 6.63. The molecule has 24 heavy (non-hydrogen) atoms. The molecule has 0 aromatic heterocycles. The lowest BCUT2D eigenvalue weighted by atomic mass is 9.87. The fourth-order valence-electron chi connectivity index (χ4n) is 3.90. The average molecular weight is 338 g/mol. The van der Waals surface area contributed by atoms with Gasteiger partial charge in [0.2, 0.25) is 11.8 Å². The first-order valence-electron chi connectivity index (χ1n) is 9.21. The molecule has 1 saturated heterocycles. The second kappa shape index (κ2) is 8.49. The first kappa shape index (κ1) is 18.7. The Balaban J connectivity index is 1.88. The van der Waals surface area contributed by atoms with Crippen LogP contribution in [0.1, 0.15) is 65.2 Å². The summed E-state index contributed by atoms with van der Waals surface area (Å²) in [4.78, 5) is 37.6. The van der Waals surface area contributed by atoms with E-state index in [2.05, 4.69) is 5.32 Å². The van der Waals surface area contributed by atoms with Gasteiger partial charge in [-0.2, -0.15) is 0 Å². The molecule has 2 N–H and O–H groups in total. The van der Waals surface area contributed by atoms with Gasteiger partial charge in [0.15, 0.2) is 0 Å². The lowest BCUT2D eigenvalue weighted by Gasteiger charge is -2.37. The van der Waals surface area contributed by atoms with Gasteiger partial charge in [-0.25, -0.2) is 4.79 Å². The molecule has 136 valence electrons. The van der Waals surface area contributed by atoms with Crippen LogP contribution < -0.4 is 5.32 Å². The number of carboxylic acid groups (broad SMARTS) is 1. The van der Waals surface area contributed by atoms with Gasteiger partial charge in [0.1, 0.15) is 12.1 Å². The van der Waals surface area contributed by atoms with E-state index in [0.29, 0.717) is 31.2 Å². The number of hydrogen-bond acceptors (Lipinski definition) is 3. The fourth-order valence-corrected chi connectivity index (χ4v) is 3.90. The van der Waals surface area contributed by atoms with E-state index in [-0.39, 0.29) is 11.8 Å². The van der Waals surface area contributed by atoms with Crippen molar-refractivity contribution in [1.82, 2.24) is 10.2 Å². The van der Waals surface area contributed by atoms with Crippen LogP contribution in [0.4, 0.5) is 0 Å². The third kappa shape index (κ3) is 4.95. The summed E-state index contributed by atoms with van der Waals surface area (Å²) in [7, 11) is 0. The molecule has 1 aliphatic carbocycles. The molecule has 0 spiro atoms. The second-order valence-electron chi connectivity index (χ2n) is 7.51. The molecule has 0 aromatic carbocycles. The number of rotatable bonds is 5. The zero-order valence-electron chi connectivity index (χ0n) is 14.8. The maximum Gasteiger partial charge on any atom is 0.326 e. The van der Waals surface area contributed by atoms with Crippen LogP contribution >= 0.6 is 0 Å². The monoisotopic (exact) mass is 338 g/mol. The van der Waals surface area contributed by atoms with E-state index in [4.69, 9.17) is 0 Å². The van der Waals surface area contributed by atoms with Crippen molar-refractivity contribution in [1.29, 1.82) is 0 Å². The summed E-state index contributed by atoms with van der Waals surface area (Å²) in [5.74, 6) is -0.628. The Hall–Kier alpha value is -1.59. The molecule has 2 aliphatic rings. The van der Waals surface area contributed by atoms with E-state index in [0.717, 1.165) is 19.3 Å². The van der Waals surface area contributed by atoms with E-state index in [1.807, 2.05) is 6.92 Å². The number of carbonyl (C=O) groups excluding carboxylic acids is 2. The second-order valence-corrected chi connectivity index (χ2v) is 7.51. The van der Waals surface area contributed by atoms with Crippen LogP contribution in [0.25, 0.3) is 0 Å². The highest BCUT2D eigenvalue weighted by Crippen LogP contribution is 2.26. The Morgan fingerprint density at radius 3 is 2.46 bits per heavy atom. The predicted octanol–water partition coefficient (Wildman–Crippen LogP) is 2.17. The predicted molar refractivity (Wildman–Crippen MR) is 90.3 cm³/mol. The third-order valence-electron chi connectivity index (χ3n) is 5.38. The molecular formula is C18H30N2O4. The number of nitrogens with one attached hydrogen (secondary N) is 1. The normalized spacial score (nSPS) is 26.7. The molecule has 2 fully saturated rings. The maximum atomic E-state index is 12.6. The maximum absolute atomic E-state index is 12.6. The molecule has 0 aromatic rings. The Bertz CT molecular complexity index is 474. The highest BCUT2D eigenvalue weighted by atomic mass is 16.4. The number of hydrogen-bond donors (Lipinski definition) is 2. The van der Waals surface area contributed by atoms with Gasteiger partial charge >= 0.3 is 5.97 Å². The van der Waals surface area contributed by atoms with Gasteiger partial charge in [-0.1, -0.05) is 26.2 Å². The molecule has 0 radical (unpaired) electrons. The van der Waals surface area contributed by atoms with Crippen molar-refractivity contribution in [3.05, 3.63) is 0 Å². The number of amides is 2. The summed E-state index contributed by atoms with van der Waals surface area (Å²) in [6.07, 6.45) is 7.52. The van der Waals surface area contributed by atoms with E-state index < -0.39 is 18.1 Å². The number of likely N-dealkylation sites (tertiary alicyclic amines) is 1. The van der Waals surface area contributed by atoms with Gasteiger partial charge in [-0.15, -0.1) is 0 Å². The van der Waals surface area contributed by atoms with Crippen molar-refractivity contribution in [2.45, 2.75) is 77.3 Å². The average Bonchev–Trinajstić information content (AvgIpc) is 2.54. The van der Waals surface area contributed by atoms with Crippen LogP contribution in [0.15, 0.2) is 0 Å². The van der Waals surface area contributed by atoms with E-state index in [9.17, 15) is 19.5 Å². The van der Waals surface area contributed by atoms with Gasteiger partial charge in [-0.05, 0) is 44.4 Å². The van der Waals surface area contributed by atoms with Crippen LogP contribution in [-0.2, 0) is 14.4 Å². The molecule has 0 bridgehead atoms. The van der Waals surface area contributed by atoms with Crippen molar-refractivity contribution in [2.75, 3.05) is 6.54 Å². The molecule has 3 unspecified atom stereocenters. The lowest BCUT2D eigenvalue weighted by molar-refractivity contribution is -0.154.